The zero-order valence-corrected chi connectivity index (χ0v) is 15.0. The van der Waals surface area contributed by atoms with Gasteiger partial charge in [0.25, 0.3) is 0 Å². The average Bonchev–Trinajstić information content (AvgIpc) is 2.67. The van der Waals surface area contributed by atoms with Crippen molar-refractivity contribution in [3.63, 3.8) is 0 Å². The van der Waals surface area contributed by atoms with Crippen molar-refractivity contribution >= 4 is 11.4 Å². The topological polar surface area (TPSA) is 20.3 Å². The number of Topliss-reactive ketones (excluding diaryl/α,β-unsaturated/α-hetero) is 1. The first-order chi connectivity index (χ1) is 12.2. The van der Waals surface area contributed by atoms with Gasteiger partial charge in [-0.25, -0.2) is 0 Å². The molecule has 130 valence electrons. The monoisotopic (exact) mass is 333 g/mol. The molecule has 1 saturated heterocycles. The molecule has 0 amide bonds. The van der Waals surface area contributed by atoms with E-state index in [1.807, 2.05) is 0 Å². The Bertz CT molecular complexity index is 664. The first-order valence-electron chi connectivity index (χ1n) is 9.28. The molecule has 0 bridgehead atoms. The van der Waals surface area contributed by atoms with Gasteiger partial charge in [-0.15, -0.1) is 0 Å². The predicted molar refractivity (Wildman–Crippen MR) is 104 cm³/mol. The molecule has 1 heterocycles. The van der Waals surface area contributed by atoms with Gasteiger partial charge < -0.3 is 4.90 Å². The zero-order valence-electron chi connectivity index (χ0n) is 15.0. The Labute approximate surface area is 151 Å². The molecule has 0 N–H and O–H groups in total. The van der Waals surface area contributed by atoms with E-state index in [-0.39, 0.29) is 5.92 Å². The van der Waals surface area contributed by atoms with Crippen LogP contribution in [0.15, 0.2) is 66.7 Å². The third kappa shape index (κ3) is 4.90. The van der Waals surface area contributed by atoms with Crippen LogP contribution in [0, 0.1) is 5.92 Å². The quantitative estimate of drug-likeness (QED) is 0.756. The first-order valence-corrected chi connectivity index (χ1v) is 9.28. The summed E-state index contributed by atoms with van der Waals surface area (Å²) < 4.78 is 0. The van der Waals surface area contributed by atoms with Gasteiger partial charge >= 0.3 is 0 Å². The molecule has 2 aromatic rings. The lowest BCUT2D eigenvalue weighted by molar-refractivity contribution is -0.122. The van der Waals surface area contributed by atoms with Crippen molar-refractivity contribution in [3.8, 4) is 0 Å². The van der Waals surface area contributed by atoms with E-state index in [0.29, 0.717) is 5.78 Å². The molecule has 2 aromatic carbocycles. The lowest BCUT2D eigenvalue weighted by Gasteiger charge is -2.31. The van der Waals surface area contributed by atoms with E-state index >= 15 is 0 Å². The molecule has 1 atom stereocenters. The molecule has 0 radical (unpaired) electrons. The molecule has 0 spiro atoms. The molecule has 3 rings (SSSR count). The summed E-state index contributed by atoms with van der Waals surface area (Å²) in [6, 6.07) is 21.2. The van der Waals surface area contributed by atoms with E-state index in [2.05, 4.69) is 71.6 Å². The minimum absolute atomic E-state index is 0.237. The summed E-state index contributed by atoms with van der Waals surface area (Å²) >= 11 is 0. The minimum atomic E-state index is 0.237. The fourth-order valence-electron chi connectivity index (χ4n) is 3.62. The number of carbonyl (C=O) groups excluding carboxylic acids is 1. The highest BCUT2D eigenvalue weighted by Crippen LogP contribution is 2.24. The van der Waals surface area contributed by atoms with Crippen LogP contribution in [0.1, 0.15) is 37.3 Å². The van der Waals surface area contributed by atoms with Crippen molar-refractivity contribution in [1.82, 2.24) is 4.90 Å². The number of piperidine rings is 1. The molecular weight excluding hydrogens is 306 g/mol. The van der Waals surface area contributed by atoms with Gasteiger partial charge in [-0.2, -0.15) is 0 Å². The Morgan fingerprint density at radius 3 is 2.20 bits per heavy atom. The van der Waals surface area contributed by atoms with E-state index < -0.39 is 0 Å². The molecule has 1 fully saturated rings. The van der Waals surface area contributed by atoms with Crippen LogP contribution in [-0.2, 0) is 4.79 Å². The summed E-state index contributed by atoms with van der Waals surface area (Å²) in [5.41, 5.74) is 3.81. The third-order valence-corrected chi connectivity index (χ3v) is 5.04. The van der Waals surface area contributed by atoms with Gasteiger partial charge in [-0.05, 0) is 49.4 Å². The van der Waals surface area contributed by atoms with Crippen molar-refractivity contribution in [2.75, 3.05) is 19.6 Å². The number of benzene rings is 2. The Morgan fingerprint density at radius 1 is 1.04 bits per heavy atom. The lowest BCUT2D eigenvalue weighted by Crippen LogP contribution is -2.38. The molecule has 1 aliphatic rings. The summed E-state index contributed by atoms with van der Waals surface area (Å²) in [5.74, 6) is 0.579. The highest BCUT2D eigenvalue weighted by Gasteiger charge is 2.22. The lowest BCUT2D eigenvalue weighted by atomic mass is 9.94. The van der Waals surface area contributed by atoms with Gasteiger partial charge in [0.05, 0.1) is 0 Å². The summed E-state index contributed by atoms with van der Waals surface area (Å²) in [6.07, 6.45) is 5.55. The van der Waals surface area contributed by atoms with Crippen molar-refractivity contribution in [2.24, 2.45) is 5.92 Å². The van der Waals surface area contributed by atoms with Gasteiger partial charge in [0.1, 0.15) is 5.78 Å². The van der Waals surface area contributed by atoms with Crippen LogP contribution in [0.5, 0.6) is 0 Å². The second-order valence-electron chi connectivity index (χ2n) is 6.89. The summed E-state index contributed by atoms with van der Waals surface area (Å²) in [4.78, 5) is 14.1. The Morgan fingerprint density at radius 2 is 1.64 bits per heavy atom. The fraction of sp³-hybridized carbons (Fsp3) is 0.348. The summed E-state index contributed by atoms with van der Waals surface area (Å²) in [6.45, 7) is 4.79. The van der Waals surface area contributed by atoms with Crippen LogP contribution in [0.2, 0.25) is 0 Å². The van der Waals surface area contributed by atoms with Crippen LogP contribution in [0.25, 0.3) is 5.57 Å². The van der Waals surface area contributed by atoms with Gasteiger partial charge in [0.2, 0.25) is 0 Å². The van der Waals surface area contributed by atoms with Crippen LogP contribution in [-0.4, -0.2) is 30.3 Å². The maximum absolute atomic E-state index is 11.7. The normalized spacial score (nSPS) is 17.9. The van der Waals surface area contributed by atoms with Crippen LogP contribution in [0.3, 0.4) is 0 Å². The predicted octanol–water partition coefficient (Wildman–Crippen LogP) is 4.81. The Kier molecular flexibility index (Phi) is 6.19. The van der Waals surface area contributed by atoms with Crippen molar-refractivity contribution < 1.29 is 4.79 Å². The van der Waals surface area contributed by atoms with Crippen molar-refractivity contribution in [2.45, 2.75) is 26.2 Å². The molecule has 2 heteroatoms. The number of hydrogen-bond donors (Lipinski definition) is 0. The van der Waals surface area contributed by atoms with E-state index in [1.54, 1.807) is 6.92 Å². The molecule has 2 nitrogen and oxygen atoms in total. The largest absolute Gasteiger partial charge is 0.302 e. The van der Waals surface area contributed by atoms with E-state index in [1.165, 1.54) is 16.7 Å². The second-order valence-corrected chi connectivity index (χ2v) is 6.89. The van der Waals surface area contributed by atoms with Crippen LogP contribution in [0.4, 0.5) is 0 Å². The van der Waals surface area contributed by atoms with E-state index in [0.717, 1.165) is 38.9 Å². The maximum Gasteiger partial charge on any atom is 0.134 e. The number of rotatable bonds is 6. The van der Waals surface area contributed by atoms with Gasteiger partial charge in [0.15, 0.2) is 0 Å². The third-order valence-electron chi connectivity index (χ3n) is 5.04. The first kappa shape index (κ1) is 17.6. The minimum Gasteiger partial charge on any atom is -0.302 e. The molecule has 1 unspecified atom stereocenters. The summed E-state index contributed by atoms with van der Waals surface area (Å²) in [7, 11) is 0. The molecule has 25 heavy (non-hydrogen) atoms. The number of hydrogen-bond acceptors (Lipinski definition) is 2. The molecular formula is C23H27NO. The highest BCUT2D eigenvalue weighted by molar-refractivity contribution is 5.79. The number of ketones is 1. The fourth-order valence-corrected chi connectivity index (χ4v) is 3.62. The smallest absolute Gasteiger partial charge is 0.134 e. The molecule has 0 saturated carbocycles. The Balaban J connectivity index is 1.70. The highest BCUT2D eigenvalue weighted by atomic mass is 16.1. The van der Waals surface area contributed by atoms with Gasteiger partial charge in [0, 0.05) is 19.0 Å². The van der Waals surface area contributed by atoms with Crippen molar-refractivity contribution in [1.29, 1.82) is 0 Å². The zero-order chi connectivity index (χ0) is 17.5. The standard InChI is InChI=1S/C23H27NO/c1-19(25)22-14-8-16-24(18-22)17-9-15-23(20-10-4-2-5-11-20)21-12-6-3-7-13-21/h2-7,10-13,15,22H,8-9,14,16-18H2,1H3. The van der Waals surface area contributed by atoms with Crippen LogP contribution >= 0.6 is 0 Å². The molecule has 1 aliphatic heterocycles. The summed E-state index contributed by atoms with van der Waals surface area (Å²) in [5, 5.41) is 0. The SMILES string of the molecule is CC(=O)C1CCCN(CCC=C(c2ccccc2)c2ccccc2)C1. The second kappa shape index (κ2) is 8.77. The van der Waals surface area contributed by atoms with Gasteiger partial charge in [-0.3, -0.25) is 4.79 Å². The molecule has 0 aliphatic carbocycles. The molecule has 0 aromatic heterocycles. The maximum atomic E-state index is 11.7. The Hall–Kier alpha value is -2.19. The van der Waals surface area contributed by atoms with E-state index in [9.17, 15) is 4.79 Å². The van der Waals surface area contributed by atoms with Crippen LogP contribution < -0.4 is 0 Å². The van der Waals surface area contributed by atoms with E-state index in [4.69, 9.17) is 0 Å². The number of carbonyl (C=O) groups is 1. The number of nitrogens with zero attached hydrogens (tertiary/aromatic N) is 1. The van der Waals surface area contributed by atoms with Crippen molar-refractivity contribution in [3.05, 3.63) is 77.9 Å². The van der Waals surface area contributed by atoms with Gasteiger partial charge in [-0.1, -0.05) is 66.7 Å². The number of likely N-dealkylation sites (tertiary alicyclic amines) is 1. The average molecular weight is 333 g/mol.